The smallest absolute Gasteiger partial charge is 0.264 e. The Morgan fingerprint density at radius 3 is 2.21 bits per heavy atom. The minimum Gasteiger partial charge on any atom is -0.354 e. The van der Waals surface area contributed by atoms with Crippen molar-refractivity contribution in [1.82, 2.24) is 10.2 Å². The molecule has 3 aromatic rings. The van der Waals surface area contributed by atoms with Crippen LogP contribution in [0, 0.1) is 19.8 Å². The lowest BCUT2D eigenvalue weighted by Crippen LogP contribution is -2.51. The van der Waals surface area contributed by atoms with Gasteiger partial charge in [0.15, 0.2) is 0 Å². The molecule has 0 heterocycles. The average Bonchev–Trinajstić information content (AvgIpc) is 2.90. The Morgan fingerprint density at radius 2 is 1.59 bits per heavy atom. The molecular weight excluding hydrogens is 534 g/mol. The first-order valence-electron chi connectivity index (χ1n) is 12.9. The number of carbonyl (C=O) groups excluding carboxylic acids is 2. The Balaban J connectivity index is 2.03. The van der Waals surface area contributed by atoms with Crippen molar-refractivity contribution in [1.29, 1.82) is 0 Å². The maximum atomic E-state index is 13.9. The Morgan fingerprint density at radius 1 is 0.897 bits per heavy atom. The molecule has 0 bridgehead atoms. The summed E-state index contributed by atoms with van der Waals surface area (Å²) in [6, 6.07) is 19.5. The number of nitrogens with one attached hydrogen (secondary N) is 1. The zero-order valence-electron chi connectivity index (χ0n) is 23.0. The molecule has 39 heavy (non-hydrogen) atoms. The largest absolute Gasteiger partial charge is 0.354 e. The Kier molecular flexibility index (Phi) is 10.2. The van der Waals surface area contributed by atoms with E-state index in [0.717, 1.165) is 21.0 Å². The van der Waals surface area contributed by atoms with Crippen molar-refractivity contribution in [2.75, 3.05) is 17.4 Å². The van der Waals surface area contributed by atoms with Crippen LogP contribution < -0.4 is 9.62 Å². The van der Waals surface area contributed by atoms with Gasteiger partial charge in [-0.3, -0.25) is 13.9 Å². The second kappa shape index (κ2) is 13.1. The highest BCUT2D eigenvalue weighted by Gasteiger charge is 2.32. The molecule has 0 aliphatic heterocycles. The lowest BCUT2D eigenvalue weighted by atomic mass is 10.1. The van der Waals surface area contributed by atoms with Crippen LogP contribution in [-0.2, 0) is 26.2 Å². The van der Waals surface area contributed by atoms with Crippen LogP contribution in [0.25, 0.3) is 0 Å². The molecule has 0 radical (unpaired) electrons. The highest BCUT2D eigenvalue weighted by Crippen LogP contribution is 2.26. The third-order valence-corrected chi connectivity index (χ3v) is 8.51. The summed E-state index contributed by atoms with van der Waals surface area (Å²) < 4.78 is 28.8. The molecular formula is C30H36ClN3O4S. The molecule has 0 spiro atoms. The molecule has 3 rings (SSSR count). The van der Waals surface area contributed by atoms with E-state index in [1.165, 1.54) is 17.0 Å². The maximum absolute atomic E-state index is 13.9. The quantitative estimate of drug-likeness (QED) is 0.338. The van der Waals surface area contributed by atoms with Gasteiger partial charge in [-0.05, 0) is 79.8 Å². The first-order chi connectivity index (χ1) is 18.4. The summed E-state index contributed by atoms with van der Waals surface area (Å²) in [4.78, 5) is 28.4. The number of aryl methyl sites for hydroxylation is 2. The fourth-order valence-corrected chi connectivity index (χ4v) is 5.64. The number of amides is 2. The van der Waals surface area contributed by atoms with E-state index in [2.05, 4.69) is 5.32 Å². The number of carbonyl (C=O) groups is 2. The summed E-state index contributed by atoms with van der Waals surface area (Å²) >= 11 is 6.18. The fourth-order valence-electron chi connectivity index (χ4n) is 4.00. The molecule has 2 amide bonds. The van der Waals surface area contributed by atoms with Gasteiger partial charge in [-0.25, -0.2) is 8.42 Å². The first kappa shape index (κ1) is 30.2. The number of hydrogen-bond acceptors (Lipinski definition) is 4. The Hall–Kier alpha value is -3.36. The third kappa shape index (κ3) is 7.83. The molecule has 9 heteroatoms. The van der Waals surface area contributed by atoms with Gasteiger partial charge in [0.2, 0.25) is 11.8 Å². The zero-order chi connectivity index (χ0) is 28.7. The monoisotopic (exact) mass is 569 g/mol. The van der Waals surface area contributed by atoms with Crippen molar-refractivity contribution in [2.24, 2.45) is 5.92 Å². The summed E-state index contributed by atoms with van der Waals surface area (Å²) in [5.41, 5.74) is 2.99. The van der Waals surface area contributed by atoms with Gasteiger partial charge in [0.25, 0.3) is 10.0 Å². The van der Waals surface area contributed by atoms with Crippen molar-refractivity contribution in [3.8, 4) is 0 Å². The number of benzene rings is 3. The molecule has 1 atom stereocenters. The fraction of sp³-hybridized carbons (Fsp3) is 0.333. The molecule has 3 aromatic carbocycles. The Bertz CT molecular complexity index is 1410. The standard InChI is InChI=1S/C30H36ClN3O4S/c1-21(2)18-32-30(36)24(5)33(19-25-10-9-11-26(31)17-25)29(35)20-34(27-15-14-22(3)23(4)16-27)39(37,38)28-12-7-6-8-13-28/h6-17,21,24H,18-20H2,1-5H3,(H,32,36)/t24-/m0/s1. The molecule has 0 aliphatic carbocycles. The summed E-state index contributed by atoms with van der Waals surface area (Å²) in [6.07, 6.45) is 0. The van der Waals surface area contributed by atoms with E-state index in [9.17, 15) is 18.0 Å². The van der Waals surface area contributed by atoms with Gasteiger partial charge >= 0.3 is 0 Å². The number of sulfonamides is 1. The van der Waals surface area contributed by atoms with Crippen LogP contribution in [0.2, 0.25) is 5.02 Å². The van der Waals surface area contributed by atoms with Gasteiger partial charge in [-0.15, -0.1) is 0 Å². The molecule has 0 aliphatic rings. The number of hydrogen-bond donors (Lipinski definition) is 1. The van der Waals surface area contributed by atoms with E-state index in [1.54, 1.807) is 55.5 Å². The summed E-state index contributed by atoms with van der Waals surface area (Å²) in [6.45, 7) is 9.49. The van der Waals surface area contributed by atoms with Crippen LogP contribution in [0.15, 0.2) is 77.7 Å². The van der Waals surface area contributed by atoms with Crippen LogP contribution in [0.3, 0.4) is 0 Å². The van der Waals surface area contributed by atoms with E-state index in [4.69, 9.17) is 11.6 Å². The number of anilines is 1. The third-order valence-electron chi connectivity index (χ3n) is 6.48. The van der Waals surface area contributed by atoms with Gasteiger partial charge in [0, 0.05) is 18.1 Å². The van der Waals surface area contributed by atoms with Crippen LogP contribution in [0.1, 0.15) is 37.5 Å². The number of nitrogens with zero attached hydrogens (tertiary/aromatic N) is 2. The zero-order valence-corrected chi connectivity index (χ0v) is 24.6. The first-order valence-corrected chi connectivity index (χ1v) is 14.7. The van der Waals surface area contributed by atoms with Gasteiger partial charge in [-0.1, -0.05) is 61.8 Å². The van der Waals surface area contributed by atoms with Gasteiger partial charge in [0.05, 0.1) is 10.6 Å². The van der Waals surface area contributed by atoms with Crippen molar-refractivity contribution in [3.63, 3.8) is 0 Å². The van der Waals surface area contributed by atoms with Gasteiger partial charge < -0.3 is 10.2 Å². The number of rotatable bonds is 11. The van der Waals surface area contributed by atoms with E-state index < -0.39 is 28.5 Å². The van der Waals surface area contributed by atoms with Crippen LogP contribution in [-0.4, -0.2) is 44.3 Å². The van der Waals surface area contributed by atoms with Crippen molar-refractivity contribution >= 4 is 39.1 Å². The molecule has 208 valence electrons. The average molecular weight is 570 g/mol. The summed E-state index contributed by atoms with van der Waals surface area (Å²) in [7, 11) is -4.10. The molecule has 0 saturated carbocycles. The van der Waals surface area contributed by atoms with E-state index in [-0.39, 0.29) is 23.3 Å². The maximum Gasteiger partial charge on any atom is 0.264 e. The summed E-state index contributed by atoms with van der Waals surface area (Å²) in [5.74, 6) is -0.600. The van der Waals surface area contributed by atoms with Crippen LogP contribution in [0.4, 0.5) is 5.69 Å². The predicted octanol–water partition coefficient (Wildman–Crippen LogP) is 5.34. The number of halogens is 1. The SMILES string of the molecule is Cc1ccc(N(CC(=O)N(Cc2cccc(Cl)c2)[C@@H](C)C(=O)NCC(C)C)S(=O)(=O)c2ccccc2)cc1C. The minimum absolute atomic E-state index is 0.0696. The highest BCUT2D eigenvalue weighted by molar-refractivity contribution is 7.92. The topological polar surface area (TPSA) is 86.8 Å². The van der Waals surface area contributed by atoms with Gasteiger partial charge in [-0.2, -0.15) is 0 Å². The predicted molar refractivity (Wildman–Crippen MR) is 156 cm³/mol. The summed E-state index contributed by atoms with van der Waals surface area (Å²) in [5, 5.41) is 3.38. The van der Waals surface area contributed by atoms with Crippen molar-refractivity contribution in [2.45, 2.75) is 52.1 Å². The van der Waals surface area contributed by atoms with Crippen LogP contribution >= 0.6 is 11.6 Å². The molecule has 7 nitrogen and oxygen atoms in total. The molecule has 0 aromatic heterocycles. The van der Waals surface area contributed by atoms with Crippen molar-refractivity contribution < 1.29 is 18.0 Å². The van der Waals surface area contributed by atoms with E-state index in [1.807, 2.05) is 39.8 Å². The second-order valence-corrected chi connectivity index (χ2v) is 12.4. The minimum atomic E-state index is -4.10. The molecule has 0 fully saturated rings. The van der Waals surface area contributed by atoms with Crippen LogP contribution in [0.5, 0.6) is 0 Å². The lowest BCUT2D eigenvalue weighted by Gasteiger charge is -2.32. The second-order valence-electron chi connectivity index (χ2n) is 10.1. The van der Waals surface area contributed by atoms with E-state index >= 15 is 0 Å². The van der Waals surface area contributed by atoms with E-state index in [0.29, 0.717) is 17.3 Å². The Labute approximate surface area is 236 Å². The molecule has 1 N–H and O–H groups in total. The van der Waals surface area contributed by atoms with Crippen molar-refractivity contribution in [3.05, 3.63) is 94.5 Å². The highest BCUT2D eigenvalue weighted by atomic mass is 35.5. The van der Waals surface area contributed by atoms with Gasteiger partial charge in [0.1, 0.15) is 12.6 Å². The lowest BCUT2D eigenvalue weighted by molar-refractivity contribution is -0.139. The normalized spacial score (nSPS) is 12.2. The molecule has 0 unspecified atom stereocenters. The molecule has 0 saturated heterocycles.